The second-order valence-corrected chi connectivity index (χ2v) is 31.4. The summed E-state index contributed by atoms with van der Waals surface area (Å²) in [5.41, 5.74) is 0. The van der Waals surface area contributed by atoms with Crippen LogP contribution in [0.15, 0.2) is 0 Å². The summed E-state index contributed by atoms with van der Waals surface area (Å²) in [5, 5.41) is 1.21. The molecular weight excluding hydrogens is 228 g/mol. The average molecular weight is 261 g/mol. The van der Waals surface area contributed by atoms with E-state index in [0.29, 0.717) is 10.1 Å². The first kappa shape index (κ1) is 15.7. The van der Waals surface area contributed by atoms with E-state index in [4.69, 9.17) is 0 Å². The van der Waals surface area contributed by atoms with Gasteiger partial charge in [0, 0.05) is 23.7 Å². The van der Waals surface area contributed by atoms with E-state index in [1.54, 1.807) is 0 Å². The fourth-order valence-electron chi connectivity index (χ4n) is 5.26. The molecule has 0 aromatic carbocycles. The summed E-state index contributed by atoms with van der Waals surface area (Å²) in [6.45, 7) is 25.7. The molecule has 0 amide bonds. The van der Waals surface area contributed by atoms with Crippen molar-refractivity contribution in [3.8, 4) is 0 Å². The fourth-order valence-corrected chi connectivity index (χ4v) is 52.6. The molecule has 0 spiro atoms. The van der Waals surface area contributed by atoms with Gasteiger partial charge in [0.2, 0.25) is 0 Å². The lowest BCUT2D eigenvalue weighted by atomic mass is 10.2. The molecule has 0 saturated carbocycles. The van der Waals surface area contributed by atoms with Crippen LogP contribution in [0, 0.1) is 0 Å². The first-order valence-electron chi connectivity index (χ1n) is 6.39. The van der Waals surface area contributed by atoms with Crippen molar-refractivity contribution in [2.24, 2.45) is 0 Å². The van der Waals surface area contributed by atoms with Crippen molar-refractivity contribution < 1.29 is 0 Å². The van der Waals surface area contributed by atoms with Crippen LogP contribution in [-0.4, -0.2) is 23.7 Å². The van der Waals surface area contributed by atoms with Gasteiger partial charge in [-0.25, -0.2) is 0 Å². The minimum absolute atomic E-state index is 0.529. The molecule has 0 atom stereocenters. The van der Waals surface area contributed by atoms with Gasteiger partial charge in [-0.3, -0.25) is 0 Å². The zero-order valence-electron chi connectivity index (χ0n) is 12.7. The van der Waals surface area contributed by atoms with Crippen LogP contribution in [0.5, 0.6) is 0 Å². The maximum Gasteiger partial charge on any atom is 0.0457 e. The lowest BCUT2D eigenvalue weighted by Crippen LogP contribution is -2.69. The Bertz CT molecular complexity index is 182. The van der Waals surface area contributed by atoms with E-state index < -0.39 is 23.7 Å². The van der Waals surface area contributed by atoms with Gasteiger partial charge in [0.05, 0.1) is 0 Å². The largest absolute Gasteiger partial charge is 0.0742 e. The zero-order chi connectivity index (χ0) is 12.7. The highest BCUT2D eigenvalue weighted by molar-refractivity contribution is 7.61. The summed E-state index contributed by atoms with van der Waals surface area (Å²) in [7, 11) is -2.13. The topological polar surface area (TPSA) is 0 Å². The molecule has 0 unspecified atom stereocenters. The van der Waals surface area contributed by atoms with E-state index in [0.717, 1.165) is 0 Å². The Labute approximate surface area is 102 Å². The maximum atomic E-state index is 2.62. The van der Waals surface area contributed by atoms with Gasteiger partial charge in [-0.15, -0.1) is 0 Å². The van der Waals surface area contributed by atoms with Gasteiger partial charge in [-0.05, 0) is 10.1 Å². The van der Waals surface area contributed by atoms with Crippen molar-refractivity contribution in [2.45, 2.75) is 77.8 Å². The summed E-state index contributed by atoms with van der Waals surface area (Å²) >= 11 is 0. The molecule has 92 valence electrons. The van der Waals surface area contributed by atoms with Crippen molar-refractivity contribution in [1.82, 2.24) is 0 Å². The molecule has 0 aromatic heterocycles. The SMILES string of the molecule is C[SiH](C)[Si]([SiH](C)C)(C(C)(C)C)C(C)(C)C. The number of hydrogen-bond acceptors (Lipinski definition) is 0. The molecule has 0 bridgehead atoms. The Morgan fingerprint density at radius 1 is 0.600 bits per heavy atom. The predicted octanol–water partition coefficient (Wildman–Crippen LogP) is 4.17. The molecular formula is C12H32Si3. The molecule has 0 radical (unpaired) electrons. The van der Waals surface area contributed by atoms with Gasteiger partial charge >= 0.3 is 0 Å². The van der Waals surface area contributed by atoms with Gasteiger partial charge in [-0.1, -0.05) is 67.7 Å². The second kappa shape index (κ2) is 4.49. The Hall–Kier alpha value is 0.651. The van der Waals surface area contributed by atoms with Crippen molar-refractivity contribution >= 4 is 23.7 Å². The van der Waals surface area contributed by atoms with Crippen LogP contribution in [0.1, 0.15) is 41.5 Å². The summed E-state index contributed by atoms with van der Waals surface area (Å²) in [4.78, 5) is 0. The molecule has 0 rings (SSSR count). The van der Waals surface area contributed by atoms with Crippen LogP contribution in [0.25, 0.3) is 0 Å². The summed E-state index contributed by atoms with van der Waals surface area (Å²) < 4.78 is 0. The standard InChI is InChI=1S/C12H32Si3/c1-11(2,3)15(13(7)8,14(9)10)12(4,5)6/h13-14H,1-10H3. The fraction of sp³-hybridized carbons (Fsp3) is 1.00. The highest BCUT2D eigenvalue weighted by Gasteiger charge is 2.56. The Kier molecular flexibility index (Phi) is 4.69. The van der Waals surface area contributed by atoms with Crippen molar-refractivity contribution in [2.75, 3.05) is 0 Å². The van der Waals surface area contributed by atoms with Crippen molar-refractivity contribution in [3.05, 3.63) is 0 Å². The quantitative estimate of drug-likeness (QED) is 0.654. The Balaban J connectivity index is 5.73. The lowest BCUT2D eigenvalue weighted by Gasteiger charge is -2.57. The predicted molar refractivity (Wildman–Crippen MR) is 82.9 cm³/mol. The molecule has 0 nitrogen and oxygen atoms in total. The van der Waals surface area contributed by atoms with E-state index in [9.17, 15) is 0 Å². The van der Waals surface area contributed by atoms with E-state index in [2.05, 4.69) is 67.7 Å². The van der Waals surface area contributed by atoms with Crippen LogP contribution >= 0.6 is 0 Å². The minimum Gasteiger partial charge on any atom is -0.0742 e. The van der Waals surface area contributed by atoms with E-state index in [-0.39, 0.29) is 0 Å². The summed E-state index contributed by atoms with van der Waals surface area (Å²) in [5.74, 6) is 0. The molecule has 0 aromatic rings. The monoisotopic (exact) mass is 260 g/mol. The van der Waals surface area contributed by atoms with Gasteiger partial charge in [-0.2, -0.15) is 0 Å². The average Bonchev–Trinajstić information content (AvgIpc) is 1.75. The first-order valence-corrected chi connectivity index (χ1v) is 16.6. The number of hydrogen-bond donors (Lipinski definition) is 0. The molecule has 3 heteroatoms. The van der Waals surface area contributed by atoms with Gasteiger partial charge in [0.1, 0.15) is 0 Å². The van der Waals surface area contributed by atoms with E-state index in [1.807, 2.05) is 0 Å². The molecule has 0 fully saturated rings. The summed E-state index contributed by atoms with van der Waals surface area (Å²) in [6.07, 6.45) is 0. The molecule has 0 aliphatic rings. The van der Waals surface area contributed by atoms with Gasteiger partial charge < -0.3 is 0 Å². The maximum absolute atomic E-state index is 2.62. The van der Waals surface area contributed by atoms with Crippen molar-refractivity contribution in [1.29, 1.82) is 0 Å². The van der Waals surface area contributed by atoms with Crippen LogP contribution in [-0.2, 0) is 0 Å². The lowest BCUT2D eigenvalue weighted by molar-refractivity contribution is 0.647. The molecule has 0 aliphatic carbocycles. The van der Waals surface area contributed by atoms with Crippen LogP contribution < -0.4 is 0 Å². The first-order chi connectivity index (χ1) is 6.39. The molecule has 15 heavy (non-hydrogen) atoms. The minimum atomic E-state index is -1.08. The third kappa shape index (κ3) is 2.50. The number of rotatable bonds is 2. The van der Waals surface area contributed by atoms with Crippen LogP contribution in [0.4, 0.5) is 0 Å². The van der Waals surface area contributed by atoms with E-state index >= 15 is 0 Å². The third-order valence-corrected chi connectivity index (χ3v) is 46.2. The molecule has 0 N–H and O–H groups in total. The van der Waals surface area contributed by atoms with E-state index in [1.165, 1.54) is 0 Å². The summed E-state index contributed by atoms with van der Waals surface area (Å²) in [6, 6.07) is 0. The Morgan fingerprint density at radius 3 is 0.800 bits per heavy atom. The van der Waals surface area contributed by atoms with Gasteiger partial charge in [0.25, 0.3) is 0 Å². The third-order valence-electron chi connectivity index (χ3n) is 4.30. The van der Waals surface area contributed by atoms with Gasteiger partial charge in [0.15, 0.2) is 0 Å². The zero-order valence-corrected chi connectivity index (χ0v) is 16.0. The second-order valence-electron chi connectivity index (χ2n) is 7.68. The van der Waals surface area contributed by atoms with Crippen LogP contribution in [0.3, 0.4) is 0 Å². The normalized spacial score (nSPS) is 15.2. The highest BCUT2D eigenvalue weighted by atomic mass is 29.6. The Morgan fingerprint density at radius 2 is 0.800 bits per heavy atom. The molecule has 0 heterocycles. The molecule has 0 saturated heterocycles. The highest BCUT2D eigenvalue weighted by Crippen LogP contribution is 2.53. The van der Waals surface area contributed by atoms with Crippen LogP contribution in [0.2, 0.25) is 36.3 Å². The molecule has 0 aliphatic heterocycles. The smallest absolute Gasteiger partial charge is 0.0457 e. The van der Waals surface area contributed by atoms with Crippen molar-refractivity contribution in [3.63, 3.8) is 0 Å².